The Morgan fingerprint density at radius 3 is 2.75 bits per heavy atom. The third-order valence-corrected chi connectivity index (χ3v) is 2.41. The van der Waals surface area contributed by atoms with E-state index in [1.807, 2.05) is 0 Å². The van der Waals surface area contributed by atoms with E-state index in [-0.39, 0.29) is 5.75 Å². The predicted molar refractivity (Wildman–Crippen MR) is 61.3 cm³/mol. The first-order valence-corrected chi connectivity index (χ1v) is 4.79. The summed E-state index contributed by atoms with van der Waals surface area (Å²) in [6.45, 7) is 0. The van der Waals surface area contributed by atoms with Gasteiger partial charge in [0.1, 0.15) is 5.82 Å². The van der Waals surface area contributed by atoms with Crippen molar-refractivity contribution >= 4 is 5.82 Å². The quantitative estimate of drug-likeness (QED) is 0.800. The molecule has 1 aromatic heterocycles. The Kier molecular flexibility index (Phi) is 2.44. The molecule has 5 heteroatoms. The Bertz CT molecular complexity index is 500. The summed E-state index contributed by atoms with van der Waals surface area (Å²) in [6.07, 6.45) is 0. The van der Waals surface area contributed by atoms with E-state index < -0.39 is 0 Å². The minimum absolute atomic E-state index is 0.0723. The lowest BCUT2D eigenvalue weighted by Gasteiger charge is -2.06. The average Bonchev–Trinajstić information content (AvgIpc) is 2.59. The number of hydrogen-bond acceptors (Lipinski definition) is 4. The van der Waals surface area contributed by atoms with Crippen molar-refractivity contribution in [3.05, 3.63) is 24.3 Å². The molecule has 1 heterocycles. The van der Waals surface area contributed by atoms with E-state index in [0.29, 0.717) is 22.8 Å². The number of phenols is 1. The van der Waals surface area contributed by atoms with E-state index in [4.69, 9.17) is 10.5 Å². The highest BCUT2D eigenvalue weighted by Crippen LogP contribution is 2.36. The molecule has 0 radical (unpaired) electrons. The van der Waals surface area contributed by atoms with Gasteiger partial charge in [-0.1, -0.05) is 6.07 Å². The highest BCUT2D eigenvalue weighted by molar-refractivity contribution is 5.72. The van der Waals surface area contributed by atoms with Gasteiger partial charge < -0.3 is 15.6 Å². The maximum absolute atomic E-state index is 9.93. The minimum atomic E-state index is 0.0723. The summed E-state index contributed by atoms with van der Waals surface area (Å²) in [5, 5.41) is 14.1. The number of nitrogen functional groups attached to an aromatic ring is 1. The molecule has 0 saturated heterocycles. The number of anilines is 1. The monoisotopic (exact) mass is 219 g/mol. The van der Waals surface area contributed by atoms with E-state index in [0.717, 1.165) is 0 Å². The molecule has 0 aliphatic carbocycles. The van der Waals surface area contributed by atoms with Crippen LogP contribution in [0, 0.1) is 0 Å². The number of hydrogen-bond donors (Lipinski definition) is 2. The zero-order valence-electron chi connectivity index (χ0n) is 9.14. The predicted octanol–water partition coefficient (Wildman–Crippen LogP) is 1.38. The largest absolute Gasteiger partial charge is 0.504 e. The molecule has 0 unspecified atom stereocenters. The van der Waals surface area contributed by atoms with Gasteiger partial charge in [0, 0.05) is 18.7 Å². The molecule has 16 heavy (non-hydrogen) atoms. The summed E-state index contributed by atoms with van der Waals surface area (Å²) in [5.41, 5.74) is 6.91. The Labute approximate surface area is 93.1 Å². The Morgan fingerprint density at radius 2 is 2.19 bits per heavy atom. The third kappa shape index (κ3) is 1.56. The molecule has 0 saturated carbocycles. The summed E-state index contributed by atoms with van der Waals surface area (Å²) in [7, 11) is 3.25. The van der Waals surface area contributed by atoms with Crippen LogP contribution in [-0.4, -0.2) is 22.0 Å². The smallest absolute Gasteiger partial charge is 0.167 e. The van der Waals surface area contributed by atoms with Gasteiger partial charge in [-0.05, 0) is 12.1 Å². The second kappa shape index (κ2) is 3.77. The van der Waals surface area contributed by atoms with Crippen molar-refractivity contribution in [2.75, 3.05) is 12.8 Å². The van der Waals surface area contributed by atoms with Crippen LogP contribution in [0.5, 0.6) is 11.5 Å². The lowest BCUT2D eigenvalue weighted by Crippen LogP contribution is -1.96. The van der Waals surface area contributed by atoms with Gasteiger partial charge in [-0.3, -0.25) is 4.68 Å². The van der Waals surface area contributed by atoms with Gasteiger partial charge in [-0.15, -0.1) is 0 Å². The molecule has 3 N–H and O–H groups in total. The third-order valence-electron chi connectivity index (χ3n) is 2.41. The van der Waals surface area contributed by atoms with Gasteiger partial charge in [0.05, 0.1) is 12.8 Å². The molecule has 5 nitrogen and oxygen atoms in total. The van der Waals surface area contributed by atoms with Crippen LogP contribution in [-0.2, 0) is 7.05 Å². The Balaban J connectivity index is 2.55. The highest BCUT2D eigenvalue weighted by atomic mass is 16.5. The first-order valence-electron chi connectivity index (χ1n) is 4.79. The number of aromatic nitrogens is 2. The second-order valence-electron chi connectivity index (χ2n) is 3.43. The maximum atomic E-state index is 9.93. The van der Waals surface area contributed by atoms with Crippen LogP contribution in [0.2, 0.25) is 0 Å². The summed E-state index contributed by atoms with van der Waals surface area (Å²) in [4.78, 5) is 0. The molecule has 0 aliphatic heterocycles. The molecule has 0 amide bonds. The van der Waals surface area contributed by atoms with Gasteiger partial charge in [0.2, 0.25) is 0 Å². The fourth-order valence-electron chi connectivity index (χ4n) is 1.51. The summed E-state index contributed by atoms with van der Waals surface area (Å²) in [6, 6.07) is 6.94. The number of nitrogens with two attached hydrogens (primary N) is 1. The van der Waals surface area contributed by atoms with Crippen LogP contribution >= 0.6 is 0 Å². The van der Waals surface area contributed by atoms with Crippen LogP contribution in [0.1, 0.15) is 0 Å². The number of ether oxygens (including phenoxy) is 1. The van der Waals surface area contributed by atoms with E-state index in [2.05, 4.69) is 5.10 Å². The van der Waals surface area contributed by atoms with Crippen molar-refractivity contribution in [3.63, 3.8) is 0 Å². The summed E-state index contributed by atoms with van der Waals surface area (Å²) >= 11 is 0. The van der Waals surface area contributed by atoms with Gasteiger partial charge in [0.15, 0.2) is 11.5 Å². The molecule has 2 rings (SSSR count). The van der Waals surface area contributed by atoms with Crippen molar-refractivity contribution in [3.8, 4) is 22.8 Å². The number of benzene rings is 1. The molecule has 0 fully saturated rings. The van der Waals surface area contributed by atoms with Crippen molar-refractivity contribution in [2.45, 2.75) is 0 Å². The van der Waals surface area contributed by atoms with E-state index in [1.54, 1.807) is 36.0 Å². The molecular formula is C11H13N3O2. The molecule has 1 aromatic carbocycles. The van der Waals surface area contributed by atoms with Crippen LogP contribution in [0.15, 0.2) is 24.3 Å². The SMILES string of the molecule is COc1cccc(-c2cc(N)n(C)n2)c1O. The molecule has 2 aromatic rings. The number of phenolic OH excluding ortho intramolecular Hbond substituents is 1. The van der Waals surface area contributed by atoms with Crippen molar-refractivity contribution in [2.24, 2.45) is 7.05 Å². The van der Waals surface area contributed by atoms with Crippen LogP contribution in [0.3, 0.4) is 0 Å². The van der Waals surface area contributed by atoms with E-state index in [9.17, 15) is 5.11 Å². The average molecular weight is 219 g/mol. The fraction of sp³-hybridized carbons (Fsp3) is 0.182. The van der Waals surface area contributed by atoms with Gasteiger partial charge in [-0.25, -0.2) is 0 Å². The Hall–Kier alpha value is -2.17. The maximum Gasteiger partial charge on any atom is 0.167 e. The fourth-order valence-corrected chi connectivity index (χ4v) is 1.51. The zero-order valence-corrected chi connectivity index (χ0v) is 9.14. The van der Waals surface area contributed by atoms with E-state index >= 15 is 0 Å². The number of aryl methyl sites for hydroxylation is 1. The second-order valence-corrected chi connectivity index (χ2v) is 3.43. The van der Waals surface area contributed by atoms with Crippen LogP contribution in [0.25, 0.3) is 11.3 Å². The topological polar surface area (TPSA) is 73.3 Å². The standard InChI is InChI=1S/C11H13N3O2/c1-14-10(12)6-8(13-14)7-4-3-5-9(16-2)11(7)15/h3-6,15H,12H2,1-2H3. The number of nitrogens with zero attached hydrogens (tertiary/aromatic N) is 2. The number of rotatable bonds is 2. The lowest BCUT2D eigenvalue weighted by molar-refractivity contribution is 0.374. The molecule has 0 aliphatic rings. The van der Waals surface area contributed by atoms with Crippen molar-refractivity contribution in [1.82, 2.24) is 9.78 Å². The number of aromatic hydroxyl groups is 1. The summed E-state index contributed by atoms with van der Waals surface area (Å²) < 4.78 is 6.58. The molecule has 84 valence electrons. The molecule has 0 bridgehead atoms. The first-order chi connectivity index (χ1) is 7.63. The molecular weight excluding hydrogens is 206 g/mol. The first kappa shape index (κ1) is 10.4. The van der Waals surface area contributed by atoms with Gasteiger partial charge in [0.25, 0.3) is 0 Å². The van der Waals surface area contributed by atoms with Crippen molar-refractivity contribution < 1.29 is 9.84 Å². The van der Waals surface area contributed by atoms with Crippen molar-refractivity contribution in [1.29, 1.82) is 0 Å². The van der Waals surface area contributed by atoms with Gasteiger partial charge >= 0.3 is 0 Å². The van der Waals surface area contributed by atoms with Crippen LogP contribution < -0.4 is 10.5 Å². The highest BCUT2D eigenvalue weighted by Gasteiger charge is 2.12. The summed E-state index contributed by atoms with van der Waals surface area (Å²) in [5.74, 6) is 1.03. The van der Waals surface area contributed by atoms with Gasteiger partial charge in [-0.2, -0.15) is 5.10 Å². The lowest BCUT2D eigenvalue weighted by atomic mass is 10.1. The number of methoxy groups -OCH3 is 1. The molecule has 0 spiro atoms. The van der Waals surface area contributed by atoms with Crippen LogP contribution in [0.4, 0.5) is 5.82 Å². The Morgan fingerprint density at radius 1 is 1.44 bits per heavy atom. The number of para-hydroxylation sites is 1. The minimum Gasteiger partial charge on any atom is -0.504 e. The molecule has 0 atom stereocenters. The van der Waals surface area contributed by atoms with E-state index in [1.165, 1.54) is 7.11 Å². The zero-order chi connectivity index (χ0) is 11.7. The normalized spacial score (nSPS) is 10.4.